The fraction of sp³-hybridized carbons (Fsp3) is 0.400. The molecule has 7 nitrogen and oxygen atoms in total. The molecule has 10 heteroatoms. The van der Waals surface area contributed by atoms with Crippen molar-refractivity contribution in [2.45, 2.75) is 36.5 Å². The van der Waals surface area contributed by atoms with Crippen LogP contribution in [0.15, 0.2) is 33.1 Å². The minimum absolute atomic E-state index is 0.708. The molecular formula is C20H22N6OS3. The smallest absolute Gasteiger partial charge is 0.214 e. The van der Waals surface area contributed by atoms with E-state index in [2.05, 4.69) is 49.9 Å². The highest BCUT2D eigenvalue weighted by molar-refractivity contribution is 7.99. The summed E-state index contributed by atoms with van der Waals surface area (Å²) in [4.78, 5) is 19.1. The first kappa shape index (κ1) is 20.1. The maximum atomic E-state index is 5.47. The first-order valence-corrected chi connectivity index (χ1v) is 12.6. The van der Waals surface area contributed by atoms with Gasteiger partial charge in [-0.05, 0) is 29.6 Å². The quantitative estimate of drug-likeness (QED) is 0.409. The molecule has 1 saturated heterocycles. The summed E-state index contributed by atoms with van der Waals surface area (Å²) >= 11 is 4.93. The van der Waals surface area contributed by atoms with Gasteiger partial charge in [0.05, 0.1) is 25.1 Å². The van der Waals surface area contributed by atoms with Crippen LogP contribution in [0.3, 0.4) is 0 Å². The number of hydrogen-bond acceptors (Lipinski definition) is 9. The first-order chi connectivity index (χ1) is 14.8. The Morgan fingerprint density at radius 1 is 1.20 bits per heavy atom. The second kappa shape index (κ2) is 9.11. The predicted molar refractivity (Wildman–Crippen MR) is 121 cm³/mol. The van der Waals surface area contributed by atoms with E-state index in [1.54, 1.807) is 22.7 Å². The lowest BCUT2D eigenvalue weighted by Crippen LogP contribution is -2.36. The lowest BCUT2D eigenvalue weighted by atomic mass is 10.2. The summed E-state index contributed by atoms with van der Waals surface area (Å²) in [5.41, 5.74) is 1.19. The molecule has 1 aliphatic heterocycles. The van der Waals surface area contributed by atoms with Crippen molar-refractivity contribution in [2.75, 3.05) is 26.3 Å². The van der Waals surface area contributed by atoms with E-state index in [-0.39, 0.29) is 0 Å². The molecule has 4 aromatic rings. The largest absolute Gasteiger partial charge is 0.379 e. The standard InChI is InChI=1S/C20H22N6OS3/c1-2-4-15-23-20(25-24-15)30-19-17-13(14-5-3-10-28-14)12-29-18(17)21-16(22-19)11-26-6-8-27-9-7-26/h3,5,10,12H,2,4,6-9,11H2,1H3,(H,23,24,25). The van der Waals surface area contributed by atoms with Crippen molar-refractivity contribution in [2.24, 2.45) is 0 Å². The Balaban J connectivity index is 1.53. The highest BCUT2D eigenvalue weighted by Gasteiger charge is 2.20. The van der Waals surface area contributed by atoms with E-state index in [1.165, 1.54) is 22.2 Å². The van der Waals surface area contributed by atoms with Gasteiger partial charge in [-0.3, -0.25) is 10.00 Å². The zero-order chi connectivity index (χ0) is 20.3. The molecule has 1 N–H and O–H groups in total. The van der Waals surface area contributed by atoms with Gasteiger partial charge in [0.15, 0.2) is 0 Å². The van der Waals surface area contributed by atoms with E-state index in [0.29, 0.717) is 5.16 Å². The Bertz CT molecular complexity index is 1120. The summed E-state index contributed by atoms with van der Waals surface area (Å²) in [7, 11) is 0. The highest BCUT2D eigenvalue weighted by atomic mass is 32.2. The van der Waals surface area contributed by atoms with Gasteiger partial charge in [0, 0.05) is 35.3 Å². The molecule has 0 amide bonds. The summed E-state index contributed by atoms with van der Waals surface area (Å²) in [6.07, 6.45) is 1.93. The number of nitrogens with one attached hydrogen (secondary N) is 1. The maximum absolute atomic E-state index is 5.47. The predicted octanol–water partition coefficient (Wildman–Crippen LogP) is 4.47. The number of rotatable bonds is 7. The Labute approximate surface area is 186 Å². The van der Waals surface area contributed by atoms with Gasteiger partial charge in [0.1, 0.15) is 21.5 Å². The molecule has 0 aliphatic carbocycles. The summed E-state index contributed by atoms with van der Waals surface area (Å²) in [5, 5.41) is 14.5. The third-order valence-electron chi connectivity index (χ3n) is 4.89. The normalized spacial score (nSPS) is 15.2. The van der Waals surface area contributed by atoms with Gasteiger partial charge in [-0.1, -0.05) is 13.0 Å². The minimum Gasteiger partial charge on any atom is -0.379 e. The second-order valence-electron chi connectivity index (χ2n) is 7.06. The molecule has 0 atom stereocenters. The SMILES string of the molecule is CCCc1nc(Sc2nc(CN3CCOCC3)nc3scc(-c4cccs4)c23)n[nH]1. The van der Waals surface area contributed by atoms with Crippen LogP contribution in [-0.2, 0) is 17.7 Å². The third-order valence-corrected chi connectivity index (χ3v) is 7.52. The van der Waals surface area contributed by atoms with Crippen molar-refractivity contribution in [3.05, 3.63) is 34.5 Å². The number of nitrogens with zero attached hydrogens (tertiary/aromatic N) is 5. The molecule has 0 radical (unpaired) electrons. The molecule has 1 aliphatic rings. The van der Waals surface area contributed by atoms with E-state index in [0.717, 1.165) is 72.6 Å². The molecule has 156 valence electrons. The maximum Gasteiger partial charge on any atom is 0.214 e. The monoisotopic (exact) mass is 458 g/mol. The van der Waals surface area contributed by atoms with Crippen LogP contribution < -0.4 is 0 Å². The van der Waals surface area contributed by atoms with Crippen LogP contribution in [0.2, 0.25) is 0 Å². The molecule has 0 spiro atoms. The molecule has 0 aromatic carbocycles. The summed E-state index contributed by atoms with van der Waals surface area (Å²) in [6.45, 7) is 6.23. The van der Waals surface area contributed by atoms with Crippen LogP contribution in [0, 0.1) is 0 Å². The van der Waals surface area contributed by atoms with Gasteiger partial charge in [-0.25, -0.2) is 15.0 Å². The zero-order valence-corrected chi connectivity index (χ0v) is 19.1. The average Bonchev–Trinajstić information content (AvgIpc) is 3.50. The average molecular weight is 459 g/mol. The molecule has 5 heterocycles. The van der Waals surface area contributed by atoms with Crippen molar-refractivity contribution < 1.29 is 4.74 Å². The van der Waals surface area contributed by atoms with Crippen LogP contribution in [0.4, 0.5) is 0 Å². The van der Waals surface area contributed by atoms with E-state index in [4.69, 9.17) is 14.7 Å². The Morgan fingerprint density at radius 3 is 2.90 bits per heavy atom. The molecule has 5 rings (SSSR count). The molecule has 1 fully saturated rings. The van der Waals surface area contributed by atoms with Crippen molar-refractivity contribution in [3.8, 4) is 10.4 Å². The van der Waals surface area contributed by atoms with Gasteiger partial charge in [-0.15, -0.1) is 27.8 Å². The fourth-order valence-electron chi connectivity index (χ4n) is 3.43. The summed E-state index contributed by atoms with van der Waals surface area (Å²) < 4.78 is 5.47. The van der Waals surface area contributed by atoms with Crippen molar-refractivity contribution in [3.63, 3.8) is 0 Å². The number of morpholine rings is 1. The number of ether oxygens (including phenoxy) is 1. The Morgan fingerprint density at radius 2 is 2.10 bits per heavy atom. The lowest BCUT2D eigenvalue weighted by molar-refractivity contribution is 0.0330. The van der Waals surface area contributed by atoms with Crippen molar-refractivity contribution in [1.29, 1.82) is 0 Å². The number of H-pyrrole nitrogens is 1. The number of aromatic nitrogens is 5. The van der Waals surface area contributed by atoms with E-state index in [1.807, 2.05) is 0 Å². The third kappa shape index (κ3) is 4.28. The molecule has 0 bridgehead atoms. The number of aryl methyl sites for hydroxylation is 1. The molecule has 0 unspecified atom stereocenters. The van der Waals surface area contributed by atoms with Gasteiger partial charge >= 0.3 is 0 Å². The van der Waals surface area contributed by atoms with Gasteiger partial charge < -0.3 is 4.74 Å². The minimum atomic E-state index is 0.708. The van der Waals surface area contributed by atoms with E-state index < -0.39 is 0 Å². The van der Waals surface area contributed by atoms with Crippen LogP contribution in [-0.4, -0.2) is 56.4 Å². The fourth-order valence-corrected chi connectivity index (χ4v) is 6.15. The van der Waals surface area contributed by atoms with Crippen molar-refractivity contribution in [1.82, 2.24) is 30.0 Å². The summed E-state index contributed by atoms with van der Waals surface area (Å²) in [6, 6.07) is 4.23. The van der Waals surface area contributed by atoms with Crippen LogP contribution in [0.25, 0.3) is 20.7 Å². The molecular weight excluding hydrogens is 436 g/mol. The number of aromatic amines is 1. The van der Waals surface area contributed by atoms with Crippen LogP contribution in [0.1, 0.15) is 25.0 Å². The molecule has 4 aromatic heterocycles. The molecule has 0 saturated carbocycles. The van der Waals surface area contributed by atoms with Crippen LogP contribution in [0.5, 0.6) is 0 Å². The Kier molecular flexibility index (Phi) is 6.09. The highest BCUT2D eigenvalue weighted by Crippen LogP contribution is 2.41. The van der Waals surface area contributed by atoms with E-state index >= 15 is 0 Å². The Hall–Kier alpha value is -1.85. The topological polar surface area (TPSA) is 79.8 Å². The van der Waals surface area contributed by atoms with E-state index in [9.17, 15) is 0 Å². The summed E-state index contributed by atoms with van der Waals surface area (Å²) in [5.74, 6) is 1.76. The number of hydrogen-bond donors (Lipinski definition) is 1. The molecule has 30 heavy (non-hydrogen) atoms. The number of fused-ring (bicyclic) bond motifs is 1. The van der Waals surface area contributed by atoms with Gasteiger partial charge in [0.25, 0.3) is 0 Å². The number of thiophene rings is 2. The van der Waals surface area contributed by atoms with Gasteiger partial charge in [-0.2, -0.15) is 0 Å². The lowest BCUT2D eigenvalue weighted by Gasteiger charge is -2.25. The first-order valence-electron chi connectivity index (χ1n) is 10.0. The van der Waals surface area contributed by atoms with Gasteiger partial charge in [0.2, 0.25) is 5.16 Å². The zero-order valence-electron chi connectivity index (χ0n) is 16.6. The second-order valence-corrected chi connectivity index (χ2v) is 9.82. The van der Waals surface area contributed by atoms with Crippen molar-refractivity contribution >= 4 is 44.7 Å². The van der Waals surface area contributed by atoms with Crippen LogP contribution >= 0.6 is 34.4 Å².